The summed E-state index contributed by atoms with van der Waals surface area (Å²) < 4.78 is 18.9. The Kier molecular flexibility index (Phi) is 5.29. The summed E-state index contributed by atoms with van der Waals surface area (Å²) in [5.74, 6) is 0.565. The maximum absolute atomic E-state index is 13.6. The van der Waals surface area contributed by atoms with Crippen LogP contribution in [0.15, 0.2) is 18.2 Å². The molecule has 0 radical (unpaired) electrons. The zero-order valence-corrected chi connectivity index (χ0v) is 13.4. The zero-order valence-electron chi connectivity index (χ0n) is 12.6. The van der Waals surface area contributed by atoms with Crippen molar-refractivity contribution in [3.8, 4) is 5.75 Å². The predicted octanol–water partition coefficient (Wildman–Crippen LogP) is 2.13. The Morgan fingerprint density at radius 2 is 2.18 bits per heavy atom. The SMILES string of the molecule is Cc1ccc(F)c(OCC(=O)N2CC3CCC(N)C3C2)c1.Cl. The van der Waals surface area contributed by atoms with Crippen molar-refractivity contribution in [3.05, 3.63) is 29.6 Å². The lowest BCUT2D eigenvalue weighted by molar-refractivity contribution is -0.132. The lowest BCUT2D eigenvalue weighted by atomic mass is 9.98. The van der Waals surface area contributed by atoms with E-state index >= 15 is 0 Å². The molecule has 1 saturated heterocycles. The molecule has 3 atom stereocenters. The van der Waals surface area contributed by atoms with Crippen LogP contribution in [0.5, 0.6) is 5.75 Å². The van der Waals surface area contributed by atoms with Gasteiger partial charge in [0.1, 0.15) is 0 Å². The number of nitrogens with two attached hydrogens (primary N) is 1. The Balaban J connectivity index is 0.00000176. The van der Waals surface area contributed by atoms with Crippen LogP contribution in [0.3, 0.4) is 0 Å². The fourth-order valence-corrected chi connectivity index (χ4v) is 3.46. The molecule has 0 bridgehead atoms. The fraction of sp³-hybridized carbons (Fsp3) is 0.562. The van der Waals surface area contributed by atoms with Gasteiger partial charge in [-0.25, -0.2) is 4.39 Å². The number of hydrogen-bond acceptors (Lipinski definition) is 3. The Morgan fingerprint density at radius 1 is 1.41 bits per heavy atom. The highest BCUT2D eigenvalue weighted by Gasteiger charge is 2.42. The largest absolute Gasteiger partial charge is 0.481 e. The first-order valence-corrected chi connectivity index (χ1v) is 7.47. The number of likely N-dealkylation sites (tertiary alicyclic amines) is 1. The molecule has 0 spiro atoms. The van der Waals surface area contributed by atoms with E-state index in [1.807, 2.05) is 11.8 Å². The molecule has 1 aromatic rings. The van der Waals surface area contributed by atoms with E-state index in [1.165, 1.54) is 6.07 Å². The number of nitrogens with zero attached hydrogens (tertiary/aromatic N) is 1. The molecule has 122 valence electrons. The Morgan fingerprint density at radius 3 is 2.91 bits per heavy atom. The van der Waals surface area contributed by atoms with Crippen molar-refractivity contribution in [2.75, 3.05) is 19.7 Å². The van der Waals surface area contributed by atoms with E-state index < -0.39 is 5.82 Å². The number of hydrogen-bond donors (Lipinski definition) is 1. The van der Waals surface area contributed by atoms with Crippen molar-refractivity contribution in [1.82, 2.24) is 4.90 Å². The van der Waals surface area contributed by atoms with Crippen LogP contribution in [0.25, 0.3) is 0 Å². The second-order valence-corrected chi connectivity index (χ2v) is 6.19. The van der Waals surface area contributed by atoms with Crippen LogP contribution >= 0.6 is 12.4 Å². The highest BCUT2D eigenvalue weighted by atomic mass is 35.5. The van der Waals surface area contributed by atoms with Crippen molar-refractivity contribution in [2.24, 2.45) is 17.6 Å². The van der Waals surface area contributed by atoms with Gasteiger partial charge in [0.15, 0.2) is 18.2 Å². The van der Waals surface area contributed by atoms with E-state index in [0.717, 1.165) is 24.9 Å². The second kappa shape index (κ2) is 6.84. The molecule has 0 aromatic heterocycles. The smallest absolute Gasteiger partial charge is 0.260 e. The Hall–Kier alpha value is -1.33. The minimum Gasteiger partial charge on any atom is -0.481 e. The number of fused-ring (bicyclic) bond motifs is 1. The minimum atomic E-state index is -0.436. The lowest BCUT2D eigenvalue weighted by Gasteiger charge is -2.19. The minimum absolute atomic E-state index is 0. The summed E-state index contributed by atoms with van der Waals surface area (Å²) in [7, 11) is 0. The molecule has 1 aliphatic heterocycles. The maximum Gasteiger partial charge on any atom is 0.260 e. The molecular weight excluding hydrogens is 307 g/mol. The summed E-state index contributed by atoms with van der Waals surface area (Å²) in [4.78, 5) is 14.0. The normalized spacial score (nSPS) is 26.5. The first kappa shape index (κ1) is 17.0. The standard InChI is InChI=1S/C16H21FN2O2.ClH/c1-10-2-4-13(17)15(6-10)21-9-16(20)19-7-11-3-5-14(18)12(11)8-19;/h2,4,6,11-12,14H,3,5,7-9,18H2,1H3;1H. The van der Waals surface area contributed by atoms with Crippen LogP contribution in [0, 0.1) is 24.6 Å². The van der Waals surface area contributed by atoms with Gasteiger partial charge in [-0.2, -0.15) is 0 Å². The van der Waals surface area contributed by atoms with E-state index in [2.05, 4.69) is 0 Å². The molecule has 4 nitrogen and oxygen atoms in total. The average Bonchev–Trinajstić information content (AvgIpc) is 3.02. The second-order valence-electron chi connectivity index (χ2n) is 6.19. The van der Waals surface area contributed by atoms with Gasteiger partial charge in [-0.1, -0.05) is 6.07 Å². The number of aryl methyl sites for hydroxylation is 1. The summed E-state index contributed by atoms with van der Waals surface area (Å²) in [5, 5.41) is 0. The maximum atomic E-state index is 13.6. The fourth-order valence-electron chi connectivity index (χ4n) is 3.46. The van der Waals surface area contributed by atoms with Crippen molar-refractivity contribution >= 4 is 18.3 Å². The van der Waals surface area contributed by atoms with Gasteiger partial charge < -0.3 is 15.4 Å². The summed E-state index contributed by atoms with van der Waals surface area (Å²) >= 11 is 0. The van der Waals surface area contributed by atoms with Crippen molar-refractivity contribution < 1.29 is 13.9 Å². The van der Waals surface area contributed by atoms with Crippen LogP contribution in [-0.2, 0) is 4.79 Å². The molecule has 2 fully saturated rings. The monoisotopic (exact) mass is 328 g/mol. The number of rotatable bonds is 3. The molecule has 1 amide bonds. The van der Waals surface area contributed by atoms with E-state index in [1.54, 1.807) is 12.1 Å². The number of carbonyl (C=O) groups is 1. The van der Waals surface area contributed by atoms with Crippen LogP contribution in [0.1, 0.15) is 18.4 Å². The molecular formula is C16H22ClFN2O2. The van der Waals surface area contributed by atoms with Crippen molar-refractivity contribution in [1.29, 1.82) is 0 Å². The summed E-state index contributed by atoms with van der Waals surface area (Å²) in [6.45, 7) is 3.22. The number of halogens is 2. The van der Waals surface area contributed by atoms with Gasteiger partial charge in [0.2, 0.25) is 0 Å². The first-order valence-electron chi connectivity index (χ1n) is 7.47. The molecule has 6 heteroatoms. The van der Waals surface area contributed by atoms with Gasteiger partial charge in [0.25, 0.3) is 5.91 Å². The van der Waals surface area contributed by atoms with Crippen LogP contribution in [-0.4, -0.2) is 36.5 Å². The van der Waals surface area contributed by atoms with Gasteiger partial charge in [0, 0.05) is 19.1 Å². The molecule has 3 unspecified atom stereocenters. The Bertz CT molecular complexity index is 555. The molecule has 1 aromatic carbocycles. The Labute approximate surface area is 136 Å². The lowest BCUT2D eigenvalue weighted by Crippen LogP contribution is -2.36. The van der Waals surface area contributed by atoms with E-state index in [-0.39, 0.29) is 36.7 Å². The molecule has 1 saturated carbocycles. The van der Waals surface area contributed by atoms with E-state index in [0.29, 0.717) is 18.4 Å². The van der Waals surface area contributed by atoms with Gasteiger partial charge >= 0.3 is 0 Å². The van der Waals surface area contributed by atoms with Gasteiger partial charge in [-0.15, -0.1) is 12.4 Å². The summed E-state index contributed by atoms with van der Waals surface area (Å²) in [6, 6.07) is 4.85. The molecule has 1 aliphatic carbocycles. The predicted molar refractivity (Wildman–Crippen MR) is 84.6 cm³/mol. The third-order valence-corrected chi connectivity index (χ3v) is 4.70. The molecule has 1 heterocycles. The van der Waals surface area contributed by atoms with Crippen molar-refractivity contribution in [3.63, 3.8) is 0 Å². The van der Waals surface area contributed by atoms with Crippen molar-refractivity contribution in [2.45, 2.75) is 25.8 Å². The number of carbonyl (C=O) groups excluding carboxylic acids is 1. The molecule has 3 rings (SSSR count). The quantitative estimate of drug-likeness (QED) is 0.924. The molecule has 2 N–H and O–H groups in total. The number of amides is 1. The third kappa shape index (κ3) is 3.36. The first-order chi connectivity index (χ1) is 10.0. The van der Waals surface area contributed by atoms with Crippen LogP contribution < -0.4 is 10.5 Å². The van der Waals surface area contributed by atoms with Crippen LogP contribution in [0.4, 0.5) is 4.39 Å². The molecule has 22 heavy (non-hydrogen) atoms. The zero-order chi connectivity index (χ0) is 15.0. The van der Waals surface area contributed by atoms with Crippen LogP contribution in [0.2, 0.25) is 0 Å². The van der Waals surface area contributed by atoms with E-state index in [4.69, 9.17) is 10.5 Å². The van der Waals surface area contributed by atoms with Gasteiger partial charge in [-0.3, -0.25) is 4.79 Å². The van der Waals surface area contributed by atoms with E-state index in [9.17, 15) is 9.18 Å². The van der Waals surface area contributed by atoms with Gasteiger partial charge in [-0.05, 0) is 49.3 Å². The highest BCUT2D eigenvalue weighted by Crippen LogP contribution is 2.37. The number of ether oxygens (including phenoxy) is 1. The highest BCUT2D eigenvalue weighted by molar-refractivity contribution is 5.85. The summed E-state index contributed by atoms with van der Waals surface area (Å²) in [6.07, 6.45) is 2.16. The summed E-state index contributed by atoms with van der Waals surface area (Å²) in [5.41, 5.74) is 6.97. The van der Waals surface area contributed by atoms with Gasteiger partial charge in [0.05, 0.1) is 0 Å². The topological polar surface area (TPSA) is 55.6 Å². The average molecular weight is 329 g/mol. The third-order valence-electron chi connectivity index (χ3n) is 4.70. The number of benzene rings is 1. The molecule has 2 aliphatic rings.